The van der Waals surface area contributed by atoms with Crippen molar-refractivity contribution in [1.29, 1.82) is 0 Å². The second kappa shape index (κ2) is 11.1. The molecule has 2 unspecified atom stereocenters. The molecule has 9 heteroatoms. The van der Waals surface area contributed by atoms with E-state index in [-0.39, 0.29) is 36.7 Å². The summed E-state index contributed by atoms with van der Waals surface area (Å²) in [5, 5.41) is 0. The quantitative estimate of drug-likeness (QED) is 0.466. The van der Waals surface area contributed by atoms with Crippen LogP contribution < -0.4 is 0 Å². The Morgan fingerprint density at radius 2 is 1.40 bits per heavy atom. The van der Waals surface area contributed by atoms with Gasteiger partial charge in [0.05, 0.1) is 0 Å². The predicted molar refractivity (Wildman–Crippen MR) is 112 cm³/mol. The third-order valence-electron chi connectivity index (χ3n) is 5.43. The maximum atomic E-state index is 12.2. The van der Waals surface area contributed by atoms with Gasteiger partial charge in [0.1, 0.15) is 0 Å². The van der Waals surface area contributed by atoms with Crippen molar-refractivity contribution in [3.63, 3.8) is 0 Å². The zero-order chi connectivity index (χ0) is 21.5. The van der Waals surface area contributed by atoms with E-state index in [0.29, 0.717) is 13.1 Å². The van der Waals surface area contributed by atoms with Gasteiger partial charge in [-0.2, -0.15) is 0 Å². The molecule has 2 aliphatic heterocycles. The molecule has 2 fully saturated rings. The average Bonchev–Trinajstić information content (AvgIpc) is 2.78. The summed E-state index contributed by atoms with van der Waals surface area (Å²) in [4.78, 5) is 42.7. The maximum absolute atomic E-state index is 12.2. The van der Waals surface area contributed by atoms with E-state index in [1.807, 2.05) is 38.1 Å². The second-order valence-electron chi connectivity index (χ2n) is 8.12. The summed E-state index contributed by atoms with van der Waals surface area (Å²) < 4.78 is 10.3. The molecule has 0 aromatic heterocycles. The number of rotatable bonds is 4. The molecule has 2 saturated heterocycles. The molecule has 0 aliphatic carbocycles. The minimum atomic E-state index is -1.76. The molecule has 8 nitrogen and oxygen atoms in total. The number of carbonyl (C=O) groups is 3. The third-order valence-corrected chi connectivity index (χ3v) is 6.94. The van der Waals surface area contributed by atoms with Crippen molar-refractivity contribution >= 4 is 35.9 Å². The topological polar surface area (TPSA) is 79.4 Å². The van der Waals surface area contributed by atoms with E-state index >= 15 is 0 Å². The van der Waals surface area contributed by atoms with Crippen molar-refractivity contribution in [2.24, 2.45) is 5.92 Å². The first kappa shape index (κ1) is 23.0. The normalized spacial score (nSPS) is 24.0. The van der Waals surface area contributed by atoms with Crippen LogP contribution in [0.25, 0.3) is 0 Å². The molecule has 0 amide bonds. The van der Waals surface area contributed by atoms with Crippen molar-refractivity contribution in [2.45, 2.75) is 20.4 Å². The van der Waals surface area contributed by atoms with Crippen LogP contribution in [0.4, 0.5) is 0 Å². The summed E-state index contributed by atoms with van der Waals surface area (Å²) in [6.07, 6.45) is 0. The van der Waals surface area contributed by atoms with Gasteiger partial charge in [0.25, 0.3) is 0 Å². The zero-order valence-electron chi connectivity index (χ0n) is 17.7. The summed E-state index contributed by atoms with van der Waals surface area (Å²) in [6.45, 7) is 9.59. The molecule has 3 rings (SSSR count). The van der Waals surface area contributed by atoms with E-state index in [4.69, 9.17) is 7.06 Å². The van der Waals surface area contributed by atoms with Crippen LogP contribution in [0.5, 0.6) is 0 Å². The first-order chi connectivity index (χ1) is 14.4. The molecule has 0 saturated carbocycles. The number of hydrogen-bond acceptors (Lipinski definition) is 8. The van der Waals surface area contributed by atoms with Crippen molar-refractivity contribution in [1.82, 2.24) is 14.7 Å². The fourth-order valence-electron chi connectivity index (χ4n) is 3.60. The first-order valence-electron chi connectivity index (χ1n) is 10.4. The number of benzene rings is 1. The molecule has 2 aliphatic rings. The van der Waals surface area contributed by atoms with Gasteiger partial charge in [-0.3, -0.25) is 4.79 Å². The Kier molecular flexibility index (Phi) is 8.52. The Morgan fingerprint density at radius 3 is 1.90 bits per heavy atom. The van der Waals surface area contributed by atoms with E-state index < -0.39 is 18.1 Å². The van der Waals surface area contributed by atoms with Gasteiger partial charge in [-0.15, -0.1) is 0 Å². The van der Waals surface area contributed by atoms with E-state index in [1.165, 1.54) is 0 Å². The molecule has 0 spiro atoms. The van der Waals surface area contributed by atoms with E-state index in [9.17, 15) is 14.4 Å². The van der Waals surface area contributed by atoms with Crippen LogP contribution >= 0.6 is 0 Å². The second-order valence-corrected chi connectivity index (χ2v) is 9.51. The first-order valence-corrected chi connectivity index (χ1v) is 12.4. The van der Waals surface area contributed by atoms with Crippen LogP contribution in [0.2, 0.25) is 0 Å². The average molecular weight is 471 g/mol. The number of fused-ring (bicyclic) bond motifs is 3. The third kappa shape index (κ3) is 6.95. The van der Waals surface area contributed by atoms with Gasteiger partial charge >= 0.3 is 156 Å². The van der Waals surface area contributed by atoms with Crippen LogP contribution in [-0.2, 0) is 23.2 Å². The summed E-state index contributed by atoms with van der Waals surface area (Å²) in [6, 6.07) is 7.82. The Morgan fingerprint density at radius 1 is 0.900 bits per heavy atom. The van der Waals surface area contributed by atoms with Crippen LogP contribution in [0, 0.1) is 5.92 Å². The number of ketones is 1. The molecule has 30 heavy (non-hydrogen) atoms. The van der Waals surface area contributed by atoms with Gasteiger partial charge in [-0.25, -0.2) is 0 Å². The minimum absolute atomic E-state index is 0.0147. The van der Waals surface area contributed by atoms with Gasteiger partial charge < -0.3 is 0 Å². The summed E-state index contributed by atoms with van der Waals surface area (Å²) in [5.41, 5.74) is 1.88. The van der Waals surface area contributed by atoms with Gasteiger partial charge in [0.2, 0.25) is 0 Å². The van der Waals surface area contributed by atoms with Gasteiger partial charge in [-0.05, 0) is 0 Å². The molecule has 2 atom stereocenters. The van der Waals surface area contributed by atoms with Crippen molar-refractivity contribution in [3.05, 3.63) is 35.4 Å². The molecule has 1 radical (unpaired) electrons. The van der Waals surface area contributed by atoms with Gasteiger partial charge in [0, 0.05) is 5.92 Å². The SMILES string of the molecule is CC(C)C(=O)c1ccc(CN2CCN3CCN(CC2)CC(=O)[O][68Ga][O]C(=O)C3)cc1. The van der Waals surface area contributed by atoms with Crippen LogP contribution in [0.1, 0.15) is 29.8 Å². The molecule has 2 heterocycles. The molecular formula is C21H29GaN3O5. The molecule has 161 valence electrons. The van der Waals surface area contributed by atoms with Crippen molar-refractivity contribution in [3.8, 4) is 0 Å². The van der Waals surface area contributed by atoms with Crippen LogP contribution in [-0.4, -0.2) is 103 Å². The molecular weight excluding hydrogens is 442 g/mol. The molecule has 0 N–H and O–H groups in total. The van der Waals surface area contributed by atoms with Gasteiger partial charge in [0.15, 0.2) is 5.78 Å². The Bertz CT molecular complexity index is 726. The summed E-state index contributed by atoms with van der Waals surface area (Å²) >= 11 is -1.76. The number of hydrogen-bond donors (Lipinski definition) is 0. The Labute approximate surface area is 186 Å². The van der Waals surface area contributed by atoms with Crippen molar-refractivity contribution in [2.75, 3.05) is 52.4 Å². The molecule has 1 aromatic rings. The standard InChI is InChI=1S/C21H31N3O5.Ga/c1-16(2)21(29)18-5-3-17(4-6-18)13-22-7-9-23(14-19(25)26)11-12-24(10-8-22)15-20(27)28;/h3-6,16H,7-15H2,1-2H3,(H,25,26)(H,27,28);/q;+2/p-2/i;1-2. The number of nitrogens with zero attached hydrogens (tertiary/aromatic N) is 3. The fraction of sp³-hybridized carbons (Fsp3) is 0.571. The van der Waals surface area contributed by atoms with E-state index in [2.05, 4.69) is 14.7 Å². The van der Waals surface area contributed by atoms with Crippen LogP contribution in [0.15, 0.2) is 24.3 Å². The number of Topliss-reactive ketones (excluding diaryl/α,β-unsaturated/α-hetero) is 1. The monoisotopic (exact) mass is 471 g/mol. The van der Waals surface area contributed by atoms with Crippen molar-refractivity contribution < 1.29 is 21.4 Å². The fourth-order valence-corrected chi connectivity index (χ4v) is 4.46. The zero-order valence-corrected chi connectivity index (χ0v) is 20.1. The predicted octanol–water partition coefficient (Wildman–Crippen LogP) is 0.579. The Hall–Kier alpha value is -1.65. The summed E-state index contributed by atoms with van der Waals surface area (Å²) in [7, 11) is 0. The molecule has 1 aromatic carbocycles. The van der Waals surface area contributed by atoms with Crippen LogP contribution in [0.3, 0.4) is 0 Å². The Balaban J connectivity index is 1.67. The van der Waals surface area contributed by atoms with E-state index in [0.717, 1.165) is 43.9 Å². The summed E-state index contributed by atoms with van der Waals surface area (Å²) in [5.74, 6) is -0.488. The van der Waals surface area contributed by atoms with E-state index in [1.54, 1.807) is 0 Å². The molecule has 2 bridgehead atoms. The number of carbonyl (C=O) groups excluding carboxylic acids is 3. The van der Waals surface area contributed by atoms with Gasteiger partial charge in [-0.1, -0.05) is 13.8 Å².